The third-order valence-electron chi connectivity index (χ3n) is 3.08. The zero-order valence-corrected chi connectivity index (χ0v) is 9.25. The summed E-state index contributed by atoms with van der Waals surface area (Å²) in [5.41, 5.74) is 8.75. The molecule has 16 heavy (non-hydrogen) atoms. The van der Waals surface area contributed by atoms with Gasteiger partial charge in [0, 0.05) is 0 Å². The first kappa shape index (κ1) is 10.8. The number of aromatic carboxylic acids is 1. The summed E-state index contributed by atoms with van der Waals surface area (Å²) in [5, 5.41) is 9.09. The molecular weight excluding hydrogens is 206 g/mol. The molecule has 1 aromatic carbocycles. The van der Waals surface area contributed by atoms with Crippen molar-refractivity contribution in [3.63, 3.8) is 0 Å². The molecule has 0 heterocycles. The fourth-order valence-electron chi connectivity index (χ4n) is 2.30. The summed E-state index contributed by atoms with van der Waals surface area (Å²) >= 11 is 0. The van der Waals surface area contributed by atoms with Crippen LogP contribution in [0, 0.1) is 0 Å². The number of rotatable bonds is 2. The summed E-state index contributed by atoms with van der Waals surface area (Å²) in [4.78, 5) is 11.1. The minimum absolute atomic E-state index is 0.167. The first-order valence-electron chi connectivity index (χ1n) is 5.36. The average molecular weight is 221 g/mol. The maximum atomic E-state index is 11.1. The van der Waals surface area contributed by atoms with E-state index in [9.17, 15) is 4.79 Å². The van der Waals surface area contributed by atoms with Crippen molar-refractivity contribution >= 4 is 11.7 Å². The third kappa shape index (κ3) is 1.60. The lowest BCUT2D eigenvalue weighted by molar-refractivity contribution is 0.0693. The van der Waals surface area contributed by atoms with Gasteiger partial charge in [0.1, 0.15) is 5.56 Å². The average Bonchev–Trinajstić information content (AvgIpc) is 2.29. The summed E-state index contributed by atoms with van der Waals surface area (Å²) in [5.74, 6) is -0.690. The molecule has 0 aliphatic heterocycles. The fourth-order valence-corrected chi connectivity index (χ4v) is 2.30. The lowest BCUT2D eigenvalue weighted by atomic mass is 9.88. The Labute approximate surface area is 94.0 Å². The number of hydrogen-bond donors (Lipinski definition) is 2. The highest BCUT2D eigenvalue weighted by Crippen LogP contribution is 2.36. The van der Waals surface area contributed by atoms with Crippen LogP contribution in [0.2, 0.25) is 0 Å². The van der Waals surface area contributed by atoms with E-state index in [0.717, 1.165) is 36.8 Å². The van der Waals surface area contributed by atoms with Gasteiger partial charge in [0.05, 0.1) is 12.8 Å². The van der Waals surface area contributed by atoms with Gasteiger partial charge in [-0.2, -0.15) is 0 Å². The van der Waals surface area contributed by atoms with Crippen molar-refractivity contribution in [3.8, 4) is 5.75 Å². The molecule has 0 bridgehead atoms. The molecule has 0 amide bonds. The molecule has 0 saturated carbocycles. The standard InChI is InChI=1S/C12H15NO3/c1-16-11-9(12(14)15)6-7-4-2-3-5-8(7)10(11)13/h6H,2-5,13H2,1H3,(H,14,15). The first-order chi connectivity index (χ1) is 7.65. The molecule has 0 radical (unpaired) electrons. The molecule has 0 fully saturated rings. The van der Waals surface area contributed by atoms with Gasteiger partial charge in [0.25, 0.3) is 0 Å². The van der Waals surface area contributed by atoms with Crippen LogP contribution in [0.15, 0.2) is 6.07 Å². The van der Waals surface area contributed by atoms with Gasteiger partial charge in [0.2, 0.25) is 0 Å². The number of fused-ring (bicyclic) bond motifs is 1. The summed E-state index contributed by atoms with van der Waals surface area (Å²) in [6, 6.07) is 1.70. The molecule has 4 nitrogen and oxygen atoms in total. The van der Waals surface area contributed by atoms with Crippen LogP contribution in [-0.2, 0) is 12.8 Å². The Morgan fingerprint density at radius 2 is 2.12 bits per heavy atom. The van der Waals surface area contributed by atoms with Crippen molar-refractivity contribution in [2.75, 3.05) is 12.8 Å². The monoisotopic (exact) mass is 221 g/mol. The molecule has 2 rings (SSSR count). The zero-order chi connectivity index (χ0) is 11.7. The predicted octanol–water partition coefficient (Wildman–Crippen LogP) is 1.85. The van der Waals surface area contributed by atoms with Crippen LogP contribution in [0.5, 0.6) is 5.75 Å². The molecule has 4 heteroatoms. The Morgan fingerprint density at radius 3 is 2.75 bits per heavy atom. The highest BCUT2D eigenvalue weighted by atomic mass is 16.5. The molecule has 0 unspecified atom stereocenters. The van der Waals surface area contributed by atoms with E-state index in [-0.39, 0.29) is 5.56 Å². The lowest BCUT2D eigenvalue weighted by Crippen LogP contribution is -2.12. The van der Waals surface area contributed by atoms with Gasteiger partial charge in [-0.25, -0.2) is 4.79 Å². The lowest BCUT2D eigenvalue weighted by Gasteiger charge is -2.21. The van der Waals surface area contributed by atoms with Crippen LogP contribution in [-0.4, -0.2) is 18.2 Å². The van der Waals surface area contributed by atoms with Crippen molar-refractivity contribution in [2.45, 2.75) is 25.7 Å². The van der Waals surface area contributed by atoms with E-state index in [0.29, 0.717) is 11.4 Å². The number of nitrogen functional groups attached to an aromatic ring is 1. The summed E-state index contributed by atoms with van der Waals surface area (Å²) in [7, 11) is 1.45. The molecular formula is C12H15NO3. The van der Waals surface area contributed by atoms with E-state index in [1.165, 1.54) is 7.11 Å². The van der Waals surface area contributed by atoms with Gasteiger partial charge in [0.15, 0.2) is 5.75 Å². The van der Waals surface area contributed by atoms with Crippen molar-refractivity contribution in [3.05, 3.63) is 22.8 Å². The molecule has 0 spiro atoms. The van der Waals surface area contributed by atoms with Crippen molar-refractivity contribution in [1.82, 2.24) is 0 Å². The number of aryl methyl sites for hydroxylation is 1. The van der Waals surface area contributed by atoms with Gasteiger partial charge in [-0.3, -0.25) is 0 Å². The predicted molar refractivity (Wildman–Crippen MR) is 61.0 cm³/mol. The summed E-state index contributed by atoms with van der Waals surface area (Å²) in [6.07, 6.45) is 4.02. The number of nitrogens with two attached hydrogens (primary N) is 1. The van der Waals surface area contributed by atoms with E-state index >= 15 is 0 Å². The SMILES string of the molecule is COc1c(C(=O)O)cc2c(c1N)CCCC2. The van der Waals surface area contributed by atoms with Crippen molar-refractivity contribution in [1.29, 1.82) is 0 Å². The molecule has 86 valence electrons. The van der Waals surface area contributed by atoms with Gasteiger partial charge < -0.3 is 15.6 Å². The van der Waals surface area contributed by atoms with E-state index in [1.54, 1.807) is 6.07 Å². The number of hydrogen-bond acceptors (Lipinski definition) is 3. The Balaban J connectivity index is 2.64. The van der Waals surface area contributed by atoms with Crippen molar-refractivity contribution < 1.29 is 14.6 Å². The number of anilines is 1. The van der Waals surface area contributed by atoms with Gasteiger partial charge >= 0.3 is 5.97 Å². The highest BCUT2D eigenvalue weighted by molar-refractivity contribution is 5.94. The van der Waals surface area contributed by atoms with Gasteiger partial charge in [-0.15, -0.1) is 0 Å². The highest BCUT2D eigenvalue weighted by Gasteiger charge is 2.22. The number of carbonyl (C=O) groups is 1. The van der Waals surface area contributed by atoms with Gasteiger partial charge in [-0.1, -0.05) is 0 Å². The van der Waals surface area contributed by atoms with Crippen LogP contribution < -0.4 is 10.5 Å². The van der Waals surface area contributed by atoms with E-state index < -0.39 is 5.97 Å². The maximum absolute atomic E-state index is 11.1. The second-order valence-electron chi connectivity index (χ2n) is 4.02. The first-order valence-corrected chi connectivity index (χ1v) is 5.36. The Hall–Kier alpha value is -1.71. The van der Waals surface area contributed by atoms with E-state index in [1.807, 2.05) is 0 Å². The molecule has 0 saturated heterocycles. The van der Waals surface area contributed by atoms with Crippen molar-refractivity contribution in [2.24, 2.45) is 0 Å². The number of carboxylic acids is 1. The maximum Gasteiger partial charge on any atom is 0.339 e. The number of carboxylic acid groups (broad SMARTS) is 1. The van der Waals surface area contributed by atoms with E-state index in [4.69, 9.17) is 15.6 Å². The molecule has 0 atom stereocenters. The molecule has 0 aromatic heterocycles. The van der Waals surface area contributed by atoms with E-state index in [2.05, 4.69) is 0 Å². The zero-order valence-electron chi connectivity index (χ0n) is 9.25. The molecule has 1 aliphatic carbocycles. The minimum atomic E-state index is -0.989. The Morgan fingerprint density at radius 1 is 1.44 bits per heavy atom. The fraction of sp³-hybridized carbons (Fsp3) is 0.417. The quantitative estimate of drug-likeness (QED) is 0.747. The van der Waals surface area contributed by atoms with Crippen LogP contribution in [0.4, 0.5) is 5.69 Å². The largest absolute Gasteiger partial charge is 0.494 e. The summed E-state index contributed by atoms with van der Waals surface area (Å²) in [6.45, 7) is 0. The number of methoxy groups -OCH3 is 1. The topological polar surface area (TPSA) is 72.5 Å². The normalized spacial score (nSPS) is 14.3. The second-order valence-corrected chi connectivity index (χ2v) is 4.02. The number of ether oxygens (including phenoxy) is 1. The molecule has 3 N–H and O–H groups in total. The Kier molecular flexibility index (Phi) is 2.73. The Bertz CT molecular complexity index is 440. The second kappa shape index (κ2) is 4.04. The van der Waals surface area contributed by atoms with Crippen LogP contribution >= 0.6 is 0 Å². The summed E-state index contributed by atoms with van der Waals surface area (Å²) < 4.78 is 5.10. The number of benzene rings is 1. The molecule has 1 aromatic rings. The molecule has 1 aliphatic rings. The van der Waals surface area contributed by atoms with Crippen LogP contribution in [0.3, 0.4) is 0 Å². The smallest absolute Gasteiger partial charge is 0.339 e. The van der Waals surface area contributed by atoms with Gasteiger partial charge in [-0.05, 0) is 42.9 Å². The van der Waals surface area contributed by atoms with Crippen LogP contribution in [0.25, 0.3) is 0 Å². The van der Waals surface area contributed by atoms with Crippen LogP contribution in [0.1, 0.15) is 34.3 Å². The minimum Gasteiger partial charge on any atom is -0.494 e. The third-order valence-corrected chi connectivity index (χ3v) is 3.08.